The second-order valence-corrected chi connectivity index (χ2v) is 7.82. The molecule has 0 saturated carbocycles. The van der Waals surface area contributed by atoms with E-state index >= 15 is 0 Å². The summed E-state index contributed by atoms with van der Waals surface area (Å²) in [7, 11) is 1.57. The Hall–Kier alpha value is -3.25. The topological polar surface area (TPSA) is 61.2 Å². The molecule has 0 saturated heterocycles. The van der Waals surface area contributed by atoms with Gasteiger partial charge in [0.25, 0.3) is 5.56 Å². The second kappa shape index (κ2) is 7.64. The van der Waals surface area contributed by atoms with E-state index in [1.54, 1.807) is 31.4 Å². The van der Waals surface area contributed by atoms with E-state index in [9.17, 15) is 9.59 Å². The number of Topliss-reactive ketones (excluding diaryl/α,β-unsaturated/α-hetero) is 1. The molecule has 29 heavy (non-hydrogen) atoms. The zero-order valence-corrected chi connectivity index (χ0v) is 17.2. The Balaban J connectivity index is 1.72. The van der Waals surface area contributed by atoms with Crippen LogP contribution in [-0.2, 0) is 6.54 Å². The van der Waals surface area contributed by atoms with Crippen LogP contribution in [0.3, 0.4) is 0 Å². The van der Waals surface area contributed by atoms with Crippen molar-refractivity contribution in [1.29, 1.82) is 0 Å². The van der Waals surface area contributed by atoms with Crippen molar-refractivity contribution in [2.45, 2.75) is 20.4 Å². The van der Waals surface area contributed by atoms with Crippen LogP contribution in [0.15, 0.2) is 59.0 Å². The van der Waals surface area contributed by atoms with Crippen LogP contribution < -0.4 is 10.3 Å². The van der Waals surface area contributed by atoms with Gasteiger partial charge in [-0.3, -0.25) is 14.2 Å². The van der Waals surface area contributed by atoms with Crippen LogP contribution in [0.1, 0.15) is 21.5 Å². The summed E-state index contributed by atoms with van der Waals surface area (Å²) >= 11 is 1.44. The number of thiophene rings is 1. The number of hydrogen-bond donors (Lipinski definition) is 0. The number of fused-ring (bicyclic) bond motifs is 1. The van der Waals surface area contributed by atoms with Crippen LogP contribution >= 0.6 is 11.3 Å². The Morgan fingerprint density at radius 1 is 1.10 bits per heavy atom. The van der Waals surface area contributed by atoms with Gasteiger partial charge in [-0.05, 0) is 54.8 Å². The molecular weight excluding hydrogens is 384 g/mol. The maximum atomic E-state index is 13.2. The largest absolute Gasteiger partial charge is 0.497 e. The number of hydrogen-bond acceptors (Lipinski definition) is 5. The van der Waals surface area contributed by atoms with Gasteiger partial charge in [0, 0.05) is 16.5 Å². The zero-order chi connectivity index (χ0) is 20.5. The molecule has 4 aromatic rings. The first-order valence-electron chi connectivity index (χ1n) is 9.19. The minimum atomic E-state index is -0.202. The first-order valence-corrected chi connectivity index (χ1v) is 10.1. The molecule has 0 unspecified atom stereocenters. The highest BCUT2D eigenvalue weighted by molar-refractivity contribution is 7.17. The van der Waals surface area contributed by atoms with Crippen molar-refractivity contribution in [1.82, 2.24) is 9.55 Å². The SMILES string of the molecule is COc1ccc(C(=O)Cn2cnc3scc(-c4ccc(C)c(C)c4)c3c2=O)cc1. The summed E-state index contributed by atoms with van der Waals surface area (Å²) in [6.07, 6.45) is 1.45. The minimum absolute atomic E-state index is 0.0592. The number of rotatable bonds is 5. The summed E-state index contributed by atoms with van der Waals surface area (Å²) in [6, 6.07) is 13.0. The number of carbonyl (C=O) groups excluding carboxylic acids is 1. The van der Waals surface area contributed by atoms with Gasteiger partial charge in [-0.25, -0.2) is 4.98 Å². The lowest BCUT2D eigenvalue weighted by molar-refractivity contribution is 0.0970. The number of aromatic nitrogens is 2. The zero-order valence-electron chi connectivity index (χ0n) is 16.4. The molecule has 146 valence electrons. The van der Waals surface area contributed by atoms with Gasteiger partial charge in [-0.2, -0.15) is 0 Å². The lowest BCUT2D eigenvalue weighted by atomic mass is 10.0. The lowest BCUT2D eigenvalue weighted by Gasteiger charge is -2.07. The van der Waals surface area contributed by atoms with Gasteiger partial charge in [0.1, 0.15) is 10.6 Å². The quantitative estimate of drug-likeness (QED) is 0.455. The maximum absolute atomic E-state index is 13.2. The van der Waals surface area contributed by atoms with E-state index in [2.05, 4.69) is 31.0 Å². The van der Waals surface area contributed by atoms with Crippen LogP contribution in [0.4, 0.5) is 0 Å². The van der Waals surface area contributed by atoms with Gasteiger partial charge >= 0.3 is 0 Å². The Morgan fingerprint density at radius 2 is 1.86 bits per heavy atom. The molecule has 4 rings (SSSR count). The number of methoxy groups -OCH3 is 1. The molecule has 6 heteroatoms. The molecule has 5 nitrogen and oxygen atoms in total. The highest BCUT2D eigenvalue weighted by atomic mass is 32.1. The Labute approximate surface area is 172 Å². The number of nitrogens with zero attached hydrogens (tertiary/aromatic N) is 2. The molecule has 0 bridgehead atoms. The van der Waals surface area contributed by atoms with Gasteiger partial charge in [0.15, 0.2) is 5.78 Å². The highest BCUT2D eigenvalue weighted by Crippen LogP contribution is 2.31. The average molecular weight is 404 g/mol. The highest BCUT2D eigenvalue weighted by Gasteiger charge is 2.16. The van der Waals surface area contributed by atoms with E-state index in [-0.39, 0.29) is 17.9 Å². The van der Waals surface area contributed by atoms with Crippen LogP contribution in [0.5, 0.6) is 5.75 Å². The van der Waals surface area contributed by atoms with E-state index in [1.165, 1.54) is 33.4 Å². The minimum Gasteiger partial charge on any atom is -0.497 e. The third kappa shape index (κ3) is 3.59. The molecule has 0 aliphatic heterocycles. The molecule has 2 aromatic heterocycles. The van der Waals surface area contributed by atoms with Crippen molar-refractivity contribution in [2.75, 3.05) is 7.11 Å². The molecule has 0 aliphatic rings. The summed E-state index contributed by atoms with van der Waals surface area (Å²) < 4.78 is 6.50. The van der Waals surface area contributed by atoms with Crippen LogP contribution in [0.2, 0.25) is 0 Å². The number of carbonyl (C=O) groups is 1. The van der Waals surface area contributed by atoms with Gasteiger partial charge in [-0.1, -0.05) is 18.2 Å². The van der Waals surface area contributed by atoms with E-state index in [4.69, 9.17) is 4.74 Å². The van der Waals surface area contributed by atoms with E-state index in [1.807, 2.05) is 11.4 Å². The molecule has 2 aromatic carbocycles. The van der Waals surface area contributed by atoms with Gasteiger partial charge in [-0.15, -0.1) is 11.3 Å². The van der Waals surface area contributed by atoms with Gasteiger partial charge in [0.2, 0.25) is 0 Å². The third-order valence-electron chi connectivity index (χ3n) is 5.10. The molecule has 0 N–H and O–H groups in total. The summed E-state index contributed by atoms with van der Waals surface area (Å²) in [4.78, 5) is 30.9. The van der Waals surface area contributed by atoms with Crippen molar-refractivity contribution in [3.05, 3.63) is 81.2 Å². The molecule has 0 fully saturated rings. The molecule has 0 amide bonds. The van der Waals surface area contributed by atoms with Crippen LogP contribution in [-0.4, -0.2) is 22.4 Å². The summed E-state index contributed by atoms with van der Waals surface area (Å²) in [6.45, 7) is 4.05. The van der Waals surface area contributed by atoms with Crippen molar-refractivity contribution in [2.24, 2.45) is 0 Å². The average Bonchev–Trinajstić information content (AvgIpc) is 3.17. The molecule has 0 spiro atoms. The predicted octanol–water partition coefficient (Wildman–Crippen LogP) is 4.63. The van der Waals surface area contributed by atoms with Crippen LogP contribution in [0, 0.1) is 13.8 Å². The Morgan fingerprint density at radius 3 is 2.55 bits per heavy atom. The lowest BCUT2D eigenvalue weighted by Crippen LogP contribution is -2.24. The fraction of sp³-hybridized carbons (Fsp3) is 0.174. The molecular formula is C23H20N2O3S. The number of ketones is 1. The number of aryl methyl sites for hydroxylation is 2. The summed E-state index contributed by atoms with van der Waals surface area (Å²) in [5.41, 5.74) is 4.54. The second-order valence-electron chi connectivity index (χ2n) is 6.96. The van der Waals surface area contributed by atoms with Crippen molar-refractivity contribution < 1.29 is 9.53 Å². The molecule has 0 radical (unpaired) electrons. The molecule has 2 heterocycles. The Bertz CT molecular complexity index is 1270. The summed E-state index contributed by atoms with van der Waals surface area (Å²) in [5.74, 6) is 0.525. The van der Waals surface area contributed by atoms with Crippen LogP contribution in [0.25, 0.3) is 21.3 Å². The fourth-order valence-corrected chi connectivity index (χ4v) is 4.13. The Kier molecular flexibility index (Phi) is 5.03. The van der Waals surface area contributed by atoms with Gasteiger partial charge in [0.05, 0.1) is 25.4 Å². The standard InChI is InChI=1S/C23H20N2O3S/c1-14-4-5-17(10-15(14)2)19-12-29-22-21(19)23(27)25(13-24-22)11-20(26)16-6-8-18(28-3)9-7-16/h4-10,12-13H,11H2,1-3H3. The van der Waals surface area contributed by atoms with Crippen molar-refractivity contribution >= 4 is 27.3 Å². The first kappa shape index (κ1) is 19.1. The molecule has 0 aliphatic carbocycles. The predicted molar refractivity (Wildman–Crippen MR) is 116 cm³/mol. The first-order chi connectivity index (χ1) is 14.0. The number of benzene rings is 2. The van der Waals surface area contributed by atoms with E-state index in [0.29, 0.717) is 21.5 Å². The van der Waals surface area contributed by atoms with Crippen molar-refractivity contribution in [3.8, 4) is 16.9 Å². The maximum Gasteiger partial charge on any atom is 0.263 e. The van der Waals surface area contributed by atoms with E-state index < -0.39 is 0 Å². The fourth-order valence-electron chi connectivity index (χ4n) is 3.22. The van der Waals surface area contributed by atoms with Gasteiger partial charge < -0.3 is 4.74 Å². The third-order valence-corrected chi connectivity index (χ3v) is 5.99. The van der Waals surface area contributed by atoms with Crippen molar-refractivity contribution in [3.63, 3.8) is 0 Å². The number of ether oxygens (including phenoxy) is 1. The molecule has 0 atom stereocenters. The monoisotopic (exact) mass is 404 g/mol. The normalized spacial score (nSPS) is 11.0. The smallest absolute Gasteiger partial charge is 0.263 e. The summed E-state index contributed by atoms with van der Waals surface area (Å²) in [5, 5.41) is 2.52. The van der Waals surface area contributed by atoms with E-state index in [0.717, 1.165) is 11.1 Å².